The molecule has 0 aliphatic carbocycles. The summed E-state index contributed by atoms with van der Waals surface area (Å²) >= 11 is -0.903. The van der Waals surface area contributed by atoms with Crippen LogP contribution in [-0.2, 0) is 6.61 Å². The molecule has 0 spiro atoms. The molecule has 1 heterocycles. The van der Waals surface area contributed by atoms with E-state index in [1.165, 1.54) is 23.2 Å². The Hall–Kier alpha value is -4.25. The van der Waals surface area contributed by atoms with Gasteiger partial charge < -0.3 is 0 Å². The molecule has 1 atom stereocenters. The number of ether oxygens (including phenoxy) is 2. The number of para-hydroxylation sites is 1. The first-order valence-electron chi connectivity index (χ1n) is 12.3. The molecule has 4 aromatic carbocycles. The molecule has 0 bridgehead atoms. The number of hydrogen-bond donors (Lipinski definition) is 1. The van der Waals surface area contributed by atoms with E-state index in [4.69, 9.17) is 14.6 Å². The molecule has 0 saturated heterocycles. The molecule has 1 aliphatic heterocycles. The van der Waals surface area contributed by atoms with Crippen molar-refractivity contribution in [3.8, 4) is 11.5 Å². The van der Waals surface area contributed by atoms with E-state index in [-0.39, 0.29) is 23.9 Å². The number of amides is 1. The summed E-state index contributed by atoms with van der Waals surface area (Å²) in [6.45, 7) is 2.01. The zero-order valence-electron chi connectivity index (χ0n) is 21.7. The van der Waals surface area contributed by atoms with E-state index in [0.29, 0.717) is 22.6 Å². The van der Waals surface area contributed by atoms with Gasteiger partial charge in [0.25, 0.3) is 0 Å². The van der Waals surface area contributed by atoms with Crippen molar-refractivity contribution in [3.05, 3.63) is 130 Å². The zero-order chi connectivity index (χ0) is 28.2. The van der Waals surface area contributed by atoms with Crippen LogP contribution in [0.1, 0.15) is 47.0 Å². The first kappa shape index (κ1) is 27.3. The van der Waals surface area contributed by atoms with Crippen LogP contribution in [0.4, 0.5) is 4.39 Å². The van der Waals surface area contributed by atoms with Gasteiger partial charge in [-0.2, -0.15) is 0 Å². The van der Waals surface area contributed by atoms with Crippen LogP contribution in [0.25, 0.3) is 0 Å². The Morgan fingerprint density at radius 1 is 1.00 bits per heavy atom. The summed E-state index contributed by atoms with van der Waals surface area (Å²) in [6.07, 6.45) is 0. The van der Waals surface area contributed by atoms with Gasteiger partial charge in [-0.05, 0) is 0 Å². The number of carbonyl (C=O) groups is 2. The zero-order valence-corrected chi connectivity index (χ0v) is 23.8. The number of carboxylic acid groups (broad SMARTS) is 1. The van der Waals surface area contributed by atoms with Gasteiger partial charge in [0.1, 0.15) is 0 Å². The Morgan fingerprint density at radius 3 is 2.48 bits per heavy atom. The number of hydrazone groups is 1. The fraction of sp³-hybridized carbons (Fsp3) is 0.129. The third kappa shape index (κ3) is 5.69. The van der Waals surface area contributed by atoms with Crippen LogP contribution in [0.2, 0.25) is 0 Å². The van der Waals surface area contributed by atoms with E-state index < -0.39 is 31.2 Å². The first-order chi connectivity index (χ1) is 19.4. The number of hydrogen-bond acceptors (Lipinski definition) is 5. The molecule has 4 aromatic rings. The van der Waals surface area contributed by atoms with Crippen LogP contribution in [0, 0.1) is 12.7 Å². The monoisotopic (exact) mass is 651 g/mol. The number of aryl methyl sites for hydroxylation is 1. The molecule has 5 rings (SSSR count). The van der Waals surface area contributed by atoms with Gasteiger partial charge in [0, 0.05) is 0 Å². The number of nitrogens with zero attached hydrogens (tertiary/aromatic N) is 2. The third-order valence-electron chi connectivity index (χ3n) is 6.32. The summed E-state index contributed by atoms with van der Waals surface area (Å²) in [4.78, 5) is 25.2. The summed E-state index contributed by atoms with van der Waals surface area (Å²) < 4.78 is 25.9. The van der Waals surface area contributed by atoms with Gasteiger partial charge in [0.05, 0.1) is 0 Å². The maximum absolute atomic E-state index is 13.8. The van der Waals surface area contributed by atoms with Crippen LogP contribution in [0.3, 0.4) is 0 Å². The molecule has 1 amide bonds. The summed E-state index contributed by atoms with van der Waals surface area (Å²) in [5, 5.41) is 15.6. The van der Waals surface area contributed by atoms with Crippen molar-refractivity contribution in [1.82, 2.24) is 5.01 Å². The number of methoxy groups -OCH3 is 1. The molecule has 7 nitrogen and oxygen atoms in total. The minimum absolute atomic E-state index is 0.129. The number of carbonyl (C=O) groups excluding carboxylic acids is 1. The molecule has 9 heteroatoms. The Kier molecular flexibility index (Phi) is 8.11. The summed E-state index contributed by atoms with van der Waals surface area (Å²) in [6, 6.07) is 25.5. The molecule has 1 N–H and O–H groups in total. The van der Waals surface area contributed by atoms with Crippen molar-refractivity contribution in [2.45, 2.75) is 17.6 Å². The van der Waals surface area contributed by atoms with E-state index in [1.807, 2.05) is 37.3 Å². The fourth-order valence-electron chi connectivity index (χ4n) is 4.30. The van der Waals surface area contributed by atoms with Crippen molar-refractivity contribution < 1.29 is 49.8 Å². The molecular formula is C31H25FIN2O5-. The van der Waals surface area contributed by atoms with Crippen molar-refractivity contribution in [1.29, 1.82) is 0 Å². The second kappa shape index (κ2) is 11.9. The van der Waals surface area contributed by atoms with Crippen molar-refractivity contribution in [2.24, 2.45) is 5.10 Å². The molecule has 0 aromatic heterocycles. The van der Waals surface area contributed by atoms with Gasteiger partial charge in [0.2, 0.25) is 0 Å². The quantitative estimate of drug-likeness (QED) is 0.180. The van der Waals surface area contributed by atoms with Gasteiger partial charge in [-0.25, -0.2) is 0 Å². The van der Waals surface area contributed by atoms with Gasteiger partial charge in [0.15, 0.2) is 0 Å². The molecule has 1 unspecified atom stereocenters. The number of alkyl halides is 1. The molecule has 0 saturated carbocycles. The Balaban J connectivity index is 1.50. The number of aromatic carboxylic acids is 1. The Labute approximate surface area is 241 Å². The van der Waals surface area contributed by atoms with E-state index in [0.717, 1.165) is 20.4 Å². The van der Waals surface area contributed by atoms with E-state index >= 15 is 0 Å². The van der Waals surface area contributed by atoms with Crippen molar-refractivity contribution in [3.63, 3.8) is 0 Å². The molecule has 40 heavy (non-hydrogen) atoms. The number of carboxylic acids is 1. The van der Waals surface area contributed by atoms with Crippen LogP contribution < -0.4 is 30.7 Å². The van der Waals surface area contributed by atoms with Gasteiger partial charge in [-0.1, -0.05) is 0 Å². The predicted molar refractivity (Wildman–Crippen MR) is 144 cm³/mol. The average Bonchev–Trinajstić information content (AvgIpc) is 3.41. The van der Waals surface area contributed by atoms with Crippen LogP contribution in [0.5, 0.6) is 11.5 Å². The predicted octanol–water partition coefficient (Wildman–Crippen LogP) is 3.03. The number of halogens is 2. The van der Waals surface area contributed by atoms with Gasteiger partial charge >= 0.3 is 242 Å². The van der Waals surface area contributed by atoms with Crippen molar-refractivity contribution in [2.75, 3.05) is 7.11 Å². The van der Waals surface area contributed by atoms with E-state index in [1.54, 1.807) is 49.6 Å². The van der Waals surface area contributed by atoms with Crippen LogP contribution in [-0.4, -0.2) is 32.8 Å². The second-order valence-corrected chi connectivity index (χ2v) is 11.8. The van der Waals surface area contributed by atoms with Crippen molar-refractivity contribution >= 4 is 15.6 Å². The minimum atomic E-state index is -1.01. The van der Waals surface area contributed by atoms with Gasteiger partial charge in [-0.3, -0.25) is 0 Å². The molecule has 0 fully saturated rings. The third-order valence-corrected chi connectivity index (χ3v) is 9.54. The maximum atomic E-state index is 13.8. The SMILES string of the molecule is COc1c(OCc2cccc(C(=O)O)c2)cccc1C1[I-]C(c2ccc(F)cc2)=NN1C(=O)c1ccccc1C. The van der Waals surface area contributed by atoms with E-state index in [9.17, 15) is 19.1 Å². The number of rotatable bonds is 8. The summed E-state index contributed by atoms with van der Waals surface area (Å²) in [7, 11) is 1.54. The summed E-state index contributed by atoms with van der Waals surface area (Å²) in [5.41, 5.74) is 3.76. The average molecular weight is 651 g/mol. The number of benzene rings is 4. The summed E-state index contributed by atoms with van der Waals surface area (Å²) in [5.74, 6) is -0.658. The van der Waals surface area contributed by atoms with E-state index in [2.05, 4.69) is 0 Å². The Morgan fingerprint density at radius 2 is 1.75 bits per heavy atom. The molecule has 204 valence electrons. The standard InChI is InChI=1S/C31H25FIN2O5/c1-19-7-3-4-10-24(19)30(36)35-29(33-28(34-35)21-13-15-23(32)16-14-21)25-11-6-12-26(27(25)39-2)40-18-20-8-5-9-22(17-20)31(37)38/h3-17,29H,18H2,1-2H3,(H,37,38)/q-1. The molecule has 0 radical (unpaired) electrons. The second-order valence-electron chi connectivity index (χ2n) is 8.98. The topological polar surface area (TPSA) is 88.4 Å². The normalized spacial score (nSPS) is 14.7. The first-order valence-corrected chi connectivity index (χ1v) is 14.7. The molecular weight excluding hydrogens is 626 g/mol. The van der Waals surface area contributed by atoms with Crippen LogP contribution >= 0.6 is 0 Å². The van der Waals surface area contributed by atoms with Crippen LogP contribution in [0.15, 0.2) is 96.1 Å². The molecule has 1 aliphatic rings. The Bertz CT molecular complexity index is 1610. The van der Waals surface area contributed by atoms with Gasteiger partial charge in [-0.15, -0.1) is 0 Å². The fourth-order valence-corrected chi connectivity index (χ4v) is 7.40.